The number of nitriles is 1. The second kappa shape index (κ2) is 6.10. The number of likely N-dealkylation sites (tertiary alicyclic amines) is 1. The van der Waals surface area contributed by atoms with Gasteiger partial charge in [0.05, 0.1) is 6.04 Å². The summed E-state index contributed by atoms with van der Waals surface area (Å²) in [4.78, 5) is 12.4. The van der Waals surface area contributed by atoms with Crippen LogP contribution >= 0.6 is 24.8 Å². The second-order valence-corrected chi connectivity index (χ2v) is 2.56. The fourth-order valence-corrected chi connectivity index (χ4v) is 1.31. The number of rotatable bonds is 1. The maximum atomic E-state index is 10.8. The van der Waals surface area contributed by atoms with Gasteiger partial charge in [0.25, 0.3) is 0 Å². The standard InChI is InChI=1S/C7H10N2O.2ClH/c1-6(10)7-3-2-4-9(7)5-8;;/h7H,2-4H2,1H3;2*1H/t7-;;/m0../s1. The zero-order valence-electron chi connectivity index (χ0n) is 6.82. The zero-order chi connectivity index (χ0) is 7.56. The number of carbonyl (C=O) groups is 1. The van der Waals surface area contributed by atoms with Crippen LogP contribution in [0.4, 0.5) is 0 Å². The van der Waals surface area contributed by atoms with Gasteiger partial charge in [0, 0.05) is 6.54 Å². The van der Waals surface area contributed by atoms with Crippen LogP contribution in [0, 0.1) is 11.5 Å². The topological polar surface area (TPSA) is 44.1 Å². The molecule has 1 saturated heterocycles. The van der Waals surface area contributed by atoms with E-state index in [1.807, 2.05) is 6.19 Å². The lowest BCUT2D eigenvalue weighted by Gasteiger charge is -2.13. The van der Waals surface area contributed by atoms with Gasteiger partial charge >= 0.3 is 0 Å². The highest BCUT2D eigenvalue weighted by molar-refractivity contribution is 5.85. The minimum atomic E-state index is -0.120. The summed E-state index contributed by atoms with van der Waals surface area (Å²) in [6.07, 6.45) is 3.83. The van der Waals surface area contributed by atoms with Crippen molar-refractivity contribution >= 4 is 30.6 Å². The smallest absolute Gasteiger partial charge is 0.179 e. The molecule has 1 heterocycles. The van der Waals surface area contributed by atoms with Crippen molar-refractivity contribution in [2.45, 2.75) is 25.8 Å². The van der Waals surface area contributed by atoms with E-state index in [2.05, 4.69) is 0 Å². The molecule has 0 aromatic heterocycles. The van der Waals surface area contributed by atoms with Crippen molar-refractivity contribution in [3.8, 4) is 6.19 Å². The largest absolute Gasteiger partial charge is 0.300 e. The molecule has 1 aliphatic heterocycles. The number of ketones is 1. The van der Waals surface area contributed by atoms with E-state index < -0.39 is 0 Å². The van der Waals surface area contributed by atoms with Gasteiger partial charge in [0.1, 0.15) is 0 Å². The minimum absolute atomic E-state index is 0. The fourth-order valence-electron chi connectivity index (χ4n) is 1.31. The lowest BCUT2D eigenvalue weighted by Crippen LogP contribution is -2.30. The average molecular weight is 211 g/mol. The molecule has 0 bridgehead atoms. The summed E-state index contributed by atoms with van der Waals surface area (Å²) in [5.41, 5.74) is 0. The van der Waals surface area contributed by atoms with E-state index in [4.69, 9.17) is 5.26 Å². The molecule has 0 aromatic carbocycles. The zero-order valence-corrected chi connectivity index (χ0v) is 8.45. The number of hydrogen-bond donors (Lipinski definition) is 0. The Morgan fingerprint density at radius 1 is 1.58 bits per heavy atom. The van der Waals surface area contributed by atoms with Gasteiger partial charge in [-0.2, -0.15) is 5.26 Å². The fraction of sp³-hybridized carbons (Fsp3) is 0.714. The van der Waals surface area contributed by atoms with Gasteiger partial charge in [-0.3, -0.25) is 4.79 Å². The monoisotopic (exact) mass is 210 g/mol. The molecule has 0 unspecified atom stereocenters. The van der Waals surface area contributed by atoms with E-state index in [0.717, 1.165) is 19.4 Å². The Morgan fingerprint density at radius 3 is 2.50 bits per heavy atom. The molecule has 1 rings (SSSR count). The molecule has 5 heteroatoms. The first-order valence-corrected chi connectivity index (χ1v) is 3.42. The Balaban J connectivity index is 0. The van der Waals surface area contributed by atoms with Gasteiger partial charge < -0.3 is 4.90 Å². The summed E-state index contributed by atoms with van der Waals surface area (Å²) in [5.74, 6) is 0.110. The molecule has 1 aliphatic rings. The normalized spacial score (nSPS) is 20.3. The van der Waals surface area contributed by atoms with Crippen molar-refractivity contribution in [1.29, 1.82) is 5.26 Å². The van der Waals surface area contributed by atoms with E-state index in [1.54, 1.807) is 11.8 Å². The molecule has 70 valence electrons. The Kier molecular flexibility index (Phi) is 7.16. The molecule has 0 saturated carbocycles. The summed E-state index contributed by atoms with van der Waals surface area (Å²) < 4.78 is 0. The molecule has 12 heavy (non-hydrogen) atoms. The number of carbonyl (C=O) groups excluding carboxylic acids is 1. The third-order valence-corrected chi connectivity index (χ3v) is 1.85. The van der Waals surface area contributed by atoms with Crippen LogP contribution in [0.2, 0.25) is 0 Å². The summed E-state index contributed by atoms with van der Waals surface area (Å²) >= 11 is 0. The van der Waals surface area contributed by atoms with Crippen molar-refractivity contribution in [1.82, 2.24) is 4.90 Å². The van der Waals surface area contributed by atoms with Crippen LogP contribution in [-0.4, -0.2) is 23.3 Å². The van der Waals surface area contributed by atoms with Gasteiger partial charge in [-0.15, -0.1) is 24.8 Å². The average Bonchev–Trinajstić information content (AvgIpc) is 2.33. The molecular formula is C7H12Cl2N2O. The predicted molar refractivity (Wildman–Crippen MR) is 50.5 cm³/mol. The first kappa shape index (κ1) is 14.1. The van der Waals surface area contributed by atoms with Crippen LogP contribution in [0.5, 0.6) is 0 Å². The first-order chi connectivity index (χ1) is 4.75. The van der Waals surface area contributed by atoms with Gasteiger partial charge in [-0.25, -0.2) is 0 Å². The first-order valence-electron chi connectivity index (χ1n) is 3.42. The molecule has 0 spiro atoms. The van der Waals surface area contributed by atoms with Crippen molar-refractivity contribution in [2.75, 3.05) is 6.54 Å². The highest BCUT2D eigenvalue weighted by Gasteiger charge is 2.26. The number of hydrogen-bond acceptors (Lipinski definition) is 3. The SMILES string of the molecule is CC(=O)[C@@H]1CCCN1C#N.Cl.Cl. The predicted octanol–water partition coefficient (Wildman–Crippen LogP) is 1.36. The van der Waals surface area contributed by atoms with Crippen molar-refractivity contribution in [2.24, 2.45) is 0 Å². The van der Waals surface area contributed by atoms with Crippen LogP contribution in [0.15, 0.2) is 0 Å². The Morgan fingerprint density at radius 2 is 2.17 bits per heavy atom. The molecule has 0 amide bonds. The lowest BCUT2D eigenvalue weighted by molar-refractivity contribution is -0.120. The maximum absolute atomic E-state index is 10.8. The second-order valence-electron chi connectivity index (χ2n) is 2.56. The van der Waals surface area contributed by atoms with Crippen LogP contribution in [0.3, 0.4) is 0 Å². The summed E-state index contributed by atoms with van der Waals surface area (Å²) in [6, 6.07) is -0.120. The Labute approximate surface area is 84.5 Å². The van der Waals surface area contributed by atoms with Crippen molar-refractivity contribution in [3.63, 3.8) is 0 Å². The summed E-state index contributed by atoms with van der Waals surface area (Å²) in [5, 5.41) is 8.51. The van der Waals surface area contributed by atoms with Gasteiger partial charge in [0.2, 0.25) is 0 Å². The minimum Gasteiger partial charge on any atom is -0.300 e. The van der Waals surface area contributed by atoms with Gasteiger partial charge in [0.15, 0.2) is 12.0 Å². The molecular weight excluding hydrogens is 199 g/mol. The van der Waals surface area contributed by atoms with E-state index in [-0.39, 0.29) is 36.6 Å². The summed E-state index contributed by atoms with van der Waals surface area (Å²) in [7, 11) is 0. The van der Waals surface area contributed by atoms with E-state index >= 15 is 0 Å². The molecule has 3 nitrogen and oxygen atoms in total. The van der Waals surface area contributed by atoms with E-state index in [0.29, 0.717) is 0 Å². The maximum Gasteiger partial charge on any atom is 0.179 e. The molecule has 0 N–H and O–H groups in total. The van der Waals surface area contributed by atoms with Crippen LogP contribution < -0.4 is 0 Å². The van der Waals surface area contributed by atoms with Crippen LogP contribution in [0.1, 0.15) is 19.8 Å². The number of Topliss-reactive ketones (excluding diaryl/α,β-unsaturated/α-hetero) is 1. The molecule has 1 fully saturated rings. The lowest BCUT2D eigenvalue weighted by atomic mass is 10.1. The van der Waals surface area contributed by atoms with E-state index in [1.165, 1.54) is 0 Å². The highest BCUT2D eigenvalue weighted by atomic mass is 35.5. The van der Waals surface area contributed by atoms with E-state index in [9.17, 15) is 4.79 Å². The molecule has 0 aromatic rings. The van der Waals surface area contributed by atoms with Gasteiger partial charge in [-0.05, 0) is 19.8 Å². The van der Waals surface area contributed by atoms with Crippen LogP contribution in [-0.2, 0) is 4.79 Å². The van der Waals surface area contributed by atoms with Crippen molar-refractivity contribution < 1.29 is 4.79 Å². The number of halogens is 2. The highest BCUT2D eigenvalue weighted by Crippen LogP contribution is 2.15. The Hall–Kier alpha value is -0.460. The summed E-state index contributed by atoms with van der Waals surface area (Å²) in [6.45, 7) is 2.29. The molecule has 1 atom stereocenters. The molecule has 0 aliphatic carbocycles. The van der Waals surface area contributed by atoms with Crippen LogP contribution in [0.25, 0.3) is 0 Å². The third-order valence-electron chi connectivity index (χ3n) is 1.85. The number of nitrogens with zero attached hydrogens (tertiary/aromatic N) is 2. The van der Waals surface area contributed by atoms with Gasteiger partial charge in [-0.1, -0.05) is 0 Å². The van der Waals surface area contributed by atoms with Crippen molar-refractivity contribution in [3.05, 3.63) is 0 Å². The third kappa shape index (κ3) is 2.88. The Bertz CT molecular complexity index is 190. The molecule has 0 radical (unpaired) electrons. The quantitative estimate of drug-likeness (QED) is 0.615.